The van der Waals surface area contributed by atoms with Gasteiger partial charge in [0.25, 0.3) is 0 Å². The lowest BCUT2D eigenvalue weighted by Crippen LogP contribution is -2.44. The molecule has 0 aliphatic rings. The second-order valence-electron chi connectivity index (χ2n) is 4.36. The third-order valence-corrected chi connectivity index (χ3v) is 4.37. The maximum absolute atomic E-state index is 11.7. The van der Waals surface area contributed by atoms with Crippen LogP contribution in [0.25, 0.3) is 0 Å². The highest BCUT2D eigenvalue weighted by Crippen LogP contribution is 2.29. The molecule has 10 heteroatoms. The Hall–Kier alpha value is -1.86. The summed E-state index contributed by atoms with van der Waals surface area (Å²) < 4.78 is 0. The molecule has 0 spiro atoms. The maximum Gasteiger partial charge on any atom is 0.329 e. The predicted molar refractivity (Wildman–Crippen MR) is 96.5 cm³/mol. The van der Waals surface area contributed by atoms with Gasteiger partial charge in [0, 0.05) is 0 Å². The number of carbonyl (C=O) groups excluding carboxylic acids is 2. The largest absolute Gasteiger partial charge is 0.329 e. The van der Waals surface area contributed by atoms with Crippen LogP contribution in [0.5, 0.6) is 0 Å². The van der Waals surface area contributed by atoms with Crippen molar-refractivity contribution >= 4 is 69.6 Å². The van der Waals surface area contributed by atoms with Crippen molar-refractivity contribution in [1.82, 2.24) is 10.9 Å². The number of carbonyl (C=O) groups is 2. The van der Waals surface area contributed by atoms with E-state index < -0.39 is 11.8 Å². The van der Waals surface area contributed by atoms with E-state index in [1.165, 1.54) is 0 Å². The van der Waals surface area contributed by atoms with Crippen LogP contribution in [0.1, 0.15) is 0 Å². The minimum absolute atomic E-state index is 0.212. The van der Waals surface area contributed by atoms with Crippen molar-refractivity contribution in [2.24, 2.45) is 0 Å². The lowest BCUT2D eigenvalue weighted by Gasteiger charge is -2.12. The monoisotopic (exact) mass is 406 g/mol. The van der Waals surface area contributed by atoms with Gasteiger partial charge in [-0.1, -0.05) is 58.5 Å². The molecule has 0 unspecified atom stereocenters. The van der Waals surface area contributed by atoms with Crippen molar-refractivity contribution in [3.05, 3.63) is 56.5 Å². The Bertz CT molecular complexity index is 720. The minimum atomic E-state index is -0.961. The van der Waals surface area contributed by atoms with Gasteiger partial charge in [-0.2, -0.15) is 0 Å². The van der Waals surface area contributed by atoms with E-state index in [0.29, 0.717) is 21.4 Å². The first kappa shape index (κ1) is 18.5. The van der Waals surface area contributed by atoms with Gasteiger partial charge in [-0.3, -0.25) is 31.3 Å². The maximum atomic E-state index is 11.7. The first-order chi connectivity index (χ1) is 11.4. The summed E-state index contributed by atoms with van der Waals surface area (Å²) in [5.41, 5.74) is 10.1. The first-order valence-corrected chi connectivity index (χ1v) is 7.91. The van der Waals surface area contributed by atoms with Crippen molar-refractivity contribution in [2.45, 2.75) is 0 Å². The number of hydrogen-bond donors (Lipinski definition) is 4. The summed E-state index contributed by atoms with van der Waals surface area (Å²) >= 11 is 23.6. The summed E-state index contributed by atoms with van der Waals surface area (Å²) in [4.78, 5) is 23.4. The highest BCUT2D eigenvalue weighted by molar-refractivity contribution is 6.44. The lowest BCUT2D eigenvalue weighted by molar-refractivity contribution is -0.138. The lowest BCUT2D eigenvalue weighted by atomic mass is 10.3. The molecular weight excluding hydrogens is 398 g/mol. The van der Waals surface area contributed by atoms with Crippen molar-refractivity contribution in [3.8, 4) is 0 Å². The van der Waals surface area contributed by atoms with Crippen molar-refractivity contribution in [1.29, 1.82) is 0 Å². The van der Waals surface area contributed by atoms with Crippen LogP contribution in [0.2, 0.25) is 20.1 Å². The smallest absolute Gasteiger partial charge is 0.297 e. The van der Waals surface area contributed by atoms with Gasteiger partial charge in [0.2, 0.25) is 0 Å². The second-order valence-corrected chi connectivity index (χ2v) is 5.93. The van der Waals surface area contributed by atoms with E-state index in [2.05, 4.69) is 21.7 Å². The third-order valence-electron chi connectivity index (χ3n) is 2.73. The number of anilines is 2. The molecule has 6 nitrogen and oxygen atoms in total. The Labute approximate surface area is 157 Å². The van der Waals surface area contributed by atoms with E-state index in [1.807, 2.05) is 0 Å². The fourth-order valence-corrected chi connectivity index (χ4v) is 2.26. The Morgan fingerprint density at radius 1 is 0.667 bits per heavy atom. The Balaban J connectivity index is 1.89. The number of hydrazine groups is 2. The summed E-state index contributed by atoms with van der Waals surface area (Å²) in [5, 5.41) is 1.03. The van der Waals surface area contributed by atoms with Gasteiger partial charge in [-0.25, -0.2) is 0 Å². The van der Waals surface area contributed by atoms with Crippen LogP contribution in [-0.2, 0) is 9.59 Å². The topological polar surface area (TPSA) is 82.3 Å². The van der Waals surface area contributed by atoms with E-state index >= 15 is 0 Å². The van der Waals surface area contributed by atoms with Crippen LogP contribution in [0.3, 0.4) is 0 Å². The zero-order valence-electron chi connectivity index (χ0n) is 11.8. The summed E-state index contributed by atoms with van der Waals surface area (Å²) in [6.45, 7) is 0. The highest BCUT2D eigenvalue weighted by Gasteiger charge is 2.14. The molecule has 2 rings (SSSR count). The first-order valence-electron chi connectivity index (χ1n) is 6.40. The van der Waals surface area contributed by atoms with Gasteiger partial charge in [-0.05, 0) is 24.3 Å². The zero-order valence-corrected chi connectivity index (χ0v) is 14.8. The Morgan fingerprint density at radius 3 is 1.42 bits per heavy atom. The molecule has 4 N–H and O–H groups in total. The summed E-state index contributed by atoms with van der Waals surface area (Å²) in [7, 11) is 0. The summed E-state index contributed by atoms with van der Waals surface area (Å²) in [6, 6.07) is 9.59. The predicted octanol–water partition coefficient (Wildman–Crippen LogP) is 3.89. The van der Waals surface area contributed by atoms with Gasteiger partial charge in [0.05, 0.1) is 31.5 Å². The van der Waals surface area contributed by atoms with E-state index in [9.17, 15) is 9.59 Å². The Kier molecular flexibility index (Phi) is 6.39. The molecule has 2 aromatic rings. The fourth-order valence-electron chi connectivity index (χ4n) is 1.56. The van der Waals surface area contributed by atoms with Gasteiger partial charge >= 0.3 is 11.8 Å². The van der Waals surface area contributed by atoms with Crippen LogP contribution in [-0.4, -0.2) is 11.8 Å². The number of nitrogens with one attached hydrogen (secondary N) is 4. The average Bonchev–Trinajstić information content (AvgIpc) is 2.57. The standard InChI is InChI=1S/C14H10Cl4N4O2/c15-7-3-1-5-9(11(7)17)19-21-13(23)14(24)22-20-10-6-2-4-8(16)12(10)18/h1-6,19-20H,(H,21,23)(H,22,24). The van der Waals surface area contributed by atoms with Gasteiger partial charge in [-0.15, -0.1) is 0 Å². The normalized spacial score (nSPS) is 10.0. The van der Waals surface area contributed by atoms with Gasteiger partial charge in [0.1, 0.15) is 0 Å². The second kappa shape index (κ2) is 8.30. The molecule has 2 aromatic carbocycles. The Morgan fingerprint density at radius 2 is 1.04 bits per heavy atom. The van der Waals surface area contributed by atoms with Crippen LogP contribution in [0.15, 0.2) is 36.4 Å². The zero-order chi connectivity index (χ0) is 17.7. The molecule has 126 valence electrons. The number of hydrogen-bond acceptors (Lipinski definition) is 4. The fraction of sp³-hybridized carbons (Fsp3) is 0. The van der Waals surface area contributed by atoms with E-state index in [1.54, 1.807) is 36.4 Å². The van der Waals surface area contributed by atoms with E-state index in [-0.39, 0.29) is 10.0 Å². The van der Waals surface area contributed by atoms with Crippen molar-refractivity contribution < 1.29 is 9.59 Å². The minimum Gasteiger partial charge on any atom is -0.297 e. The highest BCUT2D eigenvalue weighted by atomic mass is 35.5. The molecule has 0 atom stereocenters. The number of halogens is 4. The molecule has 0 radical (unpaired) electrons. The van der Waals surface area contributed by atoms with Crippen molar-refractivity contribution in [3.63, 3.8) is 0 Å². The summed E-state index contributed by atoms with van der Waals surface area (Å²) in [5.74, 6) is -1.92. The SMILES string of the molecule is O=C(NNc1cccc(Cl)c1Cl)C(=O)NNc1cccc(Cl)c1Cl. The number of amides is 2. The molecule has 2 amide bonds. The molecule has 0 heterocycles. The molecule has 0 aliphatic heterocycles. The number of rotatable bonds is 4. The van der Waals surface area contributed by atoms with Crippen LogP contribution < -0.4 is 21.7 Å². The third kappa shape index (κ3) is 4.58. The molecule has 24 heavy (non-hydrogen) atoms. The molecular formula is C14H10Cl4N4O2. The van der Waals surface area contributed by atoms with Gasteiger partial charge < -0.3 is 0 Å². The van der Waals surface area contributed by atoms with Crippen molar-refractivity contribution in [2.75, 3.05) is 10.9 Å². The van der Waals surface area contributed by atoms with Gasteiger partial charge in [0.15, 0.2) is 0 Å². The summed E-state index contributed by atoms with van der Waals surface area (Å²) in [6.07, 6.45) is 0. The molecule has 0 saturated heterocycles. The molecule has 0 fully saturated rings. The molecule has 0 aromatic heterocycles. The van der Waals surface area contributed by atoms with E-state index in [0.717, 1.165) is 0 Å². The molecule has 0 bridgehead atoms. The van der Waals surface area contributed by atoms with Crippen LogP contribution in [0, 0.1) is 0 Å². The van der Waals surface area contributed by atoms with E-state index in [4.69, 9.17) is 46.4 Å². The quantitative estimate of drug-likeness (QED) is 0.457. The van der Waals surface area contributed by atoms with Crippen LogP contribution >= 0.6 is 46.4 Å². The average molecular weight is 408 g/mol. The number of benzene rings is 2. The van der Waals surface area contributed by atoms with Crippen LogP contribution in [0.4, 0.5) is 11.4 Å². The molecule has 0 aliphatic carbocycles. The molecule has 0 saturated carbocycles.